The van der Waals surface area contributed by atoms with Gasteiger partial charge in [-0.15, -0.1) is 0 Å². The van der Waals surface area contributed by atoms with Crippen LogP contribution in [0.4, 0.5) is 11.4 Å². The Morgan fingerprint density at radius 3 is 2.55 bits per heavy atom. The number of aromatic nitrogens is 1. The van der Waals surface area contributed by atoms with Gasteiger partial charge in [-0.1, -0.05) is 6.92 Å². The van der Waals surface area contributed by atoms with Crippen LogP contribution in [0.3, 0.4) is 0 Å². The molecule has 0 aliphatic heterocycles. The summed E-state index contributed by atoms with van der Waals surface area (Å²) in [5.74, 6) is 0.149. The van der Waals surface area contributed by atoms with E-state index in [-0.39, 0.29) is 11.6 Å². The van der Waals surface area contributed by atoms with Crippen molar-refractivity contribution in [2.45, 2.75) is 20.3 Å². The number of anilines is 1. The number of nitro benzene ring substituents is 1. The number of rotatable bonds is 5. The second-order valence-electron chi connectivity index (χ2n) is 7.09. The highest BCUT2D eigenvalue weighted by Gasteiger charge is 2.15. The van der Waals surface area contributed by atoms with Crippen LogP contribution in [0, 0.1) is 17.0 Å². The molecular weight excluding hydrogens is 462 g/mol. The van der Waals surface area contributed by atoms with E-state index >= 15 is 0 Å². The molecule has 0 fully saturated rings. The number of nitrogens with zero attached hydrogens (tertiary/aromatic N) is 2. The molecule has 1 heterocycles. The van der Waals surface area contributed by atoms with Crippen LogP contribution in [0.2, 0.25) is 0 Å². The average Bonchev–Trinajstić information content (AvgIpc) is 3.18. The normalized spacial score (nSPS) is 10.9. The van der Waals surface area contributed by atoms with E-state index in [1.807, 2.05) is 24.3 Å². The van der Waals surface area contributed by atoms with Gasteiger partial charge in [-0.3, -0.25) is 14.9 Å². The van der Waals surface area contributed by atoms with E-state index in [1.165, 1.54) is 23.8 Å². The molecule has 1 aromatic heterocycles. The Kier molecular flexibility index (Phi) is 5.56. The van der Waals surface area contributed by atoms with Gasteiger partial charge >= 0.3 is 0 Å². The van der Waals surface area contributed by atoms with Crippen molar-refractivity contribution in [3.05, 3.63) is 85.9 Å². The number of carbonyl (C=O) groups is 1. The summed E-state index contributed by atoms with van der Waals surface area (Å²) in [6, 6.07) is 15.5. The molecule has 7 nitrogen and oxygen atoms in total. The summed E-state index contributed by atoms with van der Waals surface area (Å²) < 4.78 is 6.78. The molecule has 0 bridgehead atoms. The Morgan fingerprint density at radius 1 is 1.16 bits per heavy atom. The summed E-state index contributed by atoms with van der Waals surface area (Å²) in [6.45, 7) is 3.69. The first-order valence-electron chi connectivity index (χ1n) is 9.61. The van der Waals surface area contributed by atoms with Gasteiger partial charge in [0.25, 0.3) is 11.6 Å². The molecule has 0 radical (unpaired) electrons. The minimum atomic E-state index is -0.469. The van der Waals surface area contributed by atoms with Gasteiger partial charge in [0.2, 0.25) is 5.89 Å². The fourth-order valence-corrected chi connectivity index (χ4v) is 3.85. The second-order valence-corrected chi connectivity index (χ2v) is 7.94. The van der Waals surface area contributed by atoms with Gasteiger partial charge < -0.3 is 9.73 Å². The smallest absolute Gasteiger partial charge is 0.272 e. The minimum absolute atomic E-state index is 0.0167. The third-order valence-corrected chi connectivity index (χ3v) is 5.55. The highest BCUT2D eigenvalue weighted by atomic mass is 79.9. The van der Waals surface area contributed by atoms with Crippen molar-refractivity contribution in [3.63, 3.8) is 0 Å². The number of oxazole rings is 1. The van der Waals surface area contributed by atoms with E-state index in [0.29, 0.717) is 28.3 Å². The summed E-state index contributed by atoms with van der Waals surface area (Å²) in [4.78, 5) is 27.6. The van der Waals surface area contributed by atoms with Crippen LogP contribution in [-0.2, 0) is 6.42 Å². The molecule has 31 heavy (non-hydrogen) atoms. The number of nitrogens with one attached hydrogen (secondary N) is 1. The number of amides is 1. The first-order valence-corrected chi connectivity index (χ1v) is 10.4. The summed E-state index contributed by atoms with van der Waals surface area (Å²) in [5, 5.41) is 13.7. The standard InChI is InChI=1S/C23H18BrN3O4/c1-3-14-11-18(24)21-19(12-14)26-23(31-21)15-4-7-17(8-5-15)25-22(28)16-6-9-20(27(29)30)13(2)10-16/h4-12H,3H2,1-2H3,(H,25,28). The van der Waals surface area contributed by atoms with Crippen molar-refractivity contribution in [1.29, 1.82) is 0 Å². The molecule has 8 heteroatoms. The Bertz CT molecular complexity index is 1310. The van der Waals surface area contributed by atoms with Gasteiger partial charge in [0, 0.05) is 28.4 Å². The van der Waals surface area contributed by atoms with Crippen LogP contribution < -0.4 is 5.32 Å². The predicted molar refractivity (Wildman–Crippen MR) is 122 cm³/mol. The Balaban J connectivity index is 1.54. The van der Waals surface area contributed by atoms with Crippen molar-refractivity contribution < 1.29 is 14.1 Å². The number of fused-ring (bicyclic) bond motifs is 1. The van der Waals surface area contributed by atoms with Gasteiger partial charge in [0.05, 0.1) is 9.40 Å². The van der Waals surface area contributed by atoms with E-state index in [2.05, 4.69) is 33.2 Å². The first-order chi connectivity index (χ1) is 14.9. The monoisotopic (exact) mass is 479 g/mol. The Hall–Kier alpha value is -3.52. The molecule has 0 atom stereocenters. The van der Waals surface area contributed by atoms with E-state index in [9.17, 15) is 14.9 Å². The summed E-state index contributed by atoms with van der Waals surface area (Å²) in [7, 11) is 0. The number of benzene rings is 3. The lowest BCUT2D eigenvalue weighted by atomic mass is 10.1. The molecule has 0 saturated heterocycles. The minimum Gasteiger partial charge on any atom is -0.435 e. The molecule has 1 amide bonds. The lowest BCUT2D eigenvalue weighted by molar-refractivity contribution is -0.385. The molecule has 0 aliphatic carbocycles. The maximum Gasteiger partial charge on any atom is 0.272 e. The maximum atomic E-state index is 12.5. The van der Waals surface area contributed by atoms with Crippen LogP contribution in [0.5, 0.6) is 0 Å². The zero-order chi connectivity index (χ0) is 22.1. The number of halogens is 1. The van der Waals surface area contributed by atoms with Gasteiger partial charge in [0.1, 0.15) is 5.52 Å². The third-order valence-electron chi connectivity index (χ3n) is 4.96. The molecule has 4 rings (SSSR count). The molecule has 0 aliphatic rings. The molecule has 156 valence electrons. The van der Waals surface area contributed by atoms with Crippen LogP contribution in [0.15, 0.2) is 63.5 Å². The summed E-state index contributed by atoms with van der Waals surface area (Å²) in [5.41, 5.74) is 4.78. The van der Waals surface area contributed by atoms with Crippen molar-refractivity contribution in [1.82, 2.24) is 4.98 Å². The Labute approximate surface area is 186 Å². The van der Waals surface area contributed by atoms with E-state index in [0.717, 1.165) is 22.0 Å². The number of carbonyl (C=O) groups excluding carboxylic acids is 1. The van der Waals surface area contributed by atoms with E-state index in [4.69, 9.17) is 4.42 Å². The molecule has 1 N–H and O–H groups in total. The highest BCUT2D eigenvalue weighted by molar-refractivity contribution is 9.10. The largest absolute Gasteiger partial charge is 0.435 e. The molecule has 4 aromatic rings. The van der Waals surface area contributed by atoms with Crippen LogP contribution in [-0.4, -0.2) is 15.8 Å². The zero-order valence-corrected chi connectivity index (χ0v) is 18.4. The number of hydrogen-bond donors (Lipinski definition) is 1. The van der Waals surface area contributed by atoms with Crippen molar-refractivity contribution in [3.8, 4) is 11.5 Å². The van der Waals surface area contributed by atoms with Crippen LogP contribution in [0.25, 0.3) is 22.6 Å². The average molecular weight is 480 g/mol. The maximum absolute atomic E-state index is 12.5. The molecule has 0 unspecified atom stereocenters. The third kappa shape index (κ3) is 4.20. The fraction of sp³-hybridized carbons (Fsp3) is 0.130. The lowest BCUT2D eigenvalue weighted by Crippen LogP contribution is -2.12. The topological polar surface area (TPSA) is 98.3 Å². The second kappa shape index (κ2) is 8.31. The molecule has 0 spiro atoms. The van der Waals surface area contributed by atoms with Gasteiger partial charge in [0.15, 0.2) is 5.58 Å². The summed E-state index contributed by atoms with van der Waals surface area (Å²) in [6.07, 6.45) is 0.902. The number of nitro groups is 1. The predicted octanol–water partition coefficient (Wildman–Crippen LogP) is 6.29. The molecule has 0 saturated carbocycles. The van der Waals surface area contributed by atoms with Crippen LogP contribution >= 0.6 is 15.9 Å². The quantitative estimate of drug-likeness (QED) is 0.268. The lowest BCUT2D eigenvalue weighted by Gasteiger charge is -2.07. The van der Waals surface area contributed by atoms with Gasteiger partial charge in [-0.25, -0.2) is 4.98 Å². The fourth-order valence-electron chi connectivity index (χ4n) is 3.28. The van der Waals surface area contributed by atoms with Gasteiger partial charge in [-0.2, -0.15) is 0 Å². The van der Waals surface area contributed by atoms with Crippen molar-refractivity contribution in [2.75, 3.05) is 5.32 Å². The first kappa shape index (κ1) is 20.7. The number of hydrogen-bond acceptors (Lipinski definition) is 5. The van der Waals surface area contributed by atoms with E-state index < -0.39 is 4.92 Å². The zero-order valence-electron chi connectivity index (χ0n) is 16.8. The SMILES string of the molecule is CCc1cc(Br)c2oc(-c3ccc(NC(=O)c4ccc([N+](=O)[O-])c(C)c4)cc3)nc2c1. The summed E-state index contributed by atoms with van der Waals surface area (Å²) >= 11 is 3.53. The molecule has 3 aromatic carbocycles. The van der Waals surface area contributed by atoms with Crippen molar-refractivity contribution in [2.24, 2.45) is 0 Å². The van der Waals surface area contributed by atoms with Crippen molar-refractivity contribution >= 4 is 44.3 Å². The van der Waals surface area contributed by atoms with E-state index in [1.54, 1.807) is 19.1 Å². The highest BCUT2D eigenvalue weighted by Crippen LogP contribution is 2.31. The van der Waals surface area contributed by atoms with Gasteiger partial charge in [-0.05, 0) is 83.4 Å². The molecular formula is C23H18BrN3O4. The Morgan fingerprint density at radius 2 is 1.90 bits per heavy atom. The van der Waals surface area contributed by atoms with Crippen LogP contribution in [0.1, 0.15) is 28.4 Å². The number of aryl methyl sites for hydroxylation is 2.